The Hall–Kier alpha value is -6.26. The van der Waals surface area contributed by atoms with Gasteiger partial charge >= 0.3 is 0 Å². The Morgan fingerprint density at radius 2 is 0.868 bits per heavy atom. The average molecular weight is 997 g/mol. The van der Waals surface area contributed by atoms with E-state index in [0.29, 0.717) is 0 Å². The van der Waals surface area contributed by atoms with E-state index >= 15 is 0 Å². The molecule has 2 unspecified atom stereocenters. The molecule has 0 radical (unpaired) electrons. The molecular formula is C54H40N6O2S6. The second-order valence-electron chi connectivity index (χ2n) is 16.4. The molecule has 8 aromatic rings. The lowest BCUT2D eigenvalue weighted by Crippen LogP contribution is -2.30. The van der Waals surface area contributed by atoms with Crippen molar-refractivity contribution in [2.24, 2.45) is 9.98 Å². The second-order valence-corrected chi connectivity index (χ2v) is 21.5. The van der Waals surface area contributed by atoms with Gasteiger partial charge in [0.1, 0.15) is 35.2 Å². The fraction of sp³-hybridized carbons (Fsp3) is 0.111. The Kier molecular flexibility index (Phi) is 11.4. The van der Waals surface area contributed by atoms with Gasteiger partial charge in [0.15, 0.2) is 18.2 Å². The van der Waals surface area contributed by atoms with Gasteiger partial charge in [-0.05, 0) is 119 Å². The number of rotatable bonds is 11. The van der Waals surface area contributed by atoms with Crippen molar-refractivity contribution in [3.8, 4) is 22.9 Å². The van der Waals surface area contributed by atoms with E-state index in [1.165, 1.54) is 11.1 Å². The maximum Gasteiger partial charge on any atom is 0.174 e. The minimum Gasteiger partial charge on any atom is -0.497 e. The standard InChI is InChI=1S/C54H40N6O2S6/c1-61-41-27-19-37(20-28-41)45-47-49(59-43(31-65-51(59)55-45)35-9-5-3-6-10-35)57(53(63)67-47)39-23-15-33(16-24-39)13-14-34-17-25-40(26-18-34)58-50-48(68-54(58)64)46(38-21-29-42(62-2)30-22-38)56-52-60(50)44(32-66-52)36-11-7-4-8-12-36/h3-12,15-32,45-46H,13-14H2,1-2H3. The summed E-state index contributed by atoms with van der Waals surface area (Å²) in [6.07, 6.45) is 1.78. The van der Waals surface area contributed by atoms with Crippen LogP contribution in [0.3, 0.4) is 0 Å². The smallest absolute Gasteiger partial charge is 0.174 e. The number of anilines is 2. The number of hydrogen-bond donors (Lipinski definition) is 0. The summed E-state index contributed by atoms with van der Waals surface area (Å²) >= 11 is 19.0. The normalized spacial score (nSPS) is 16.8. The molecule has 68 heavy (non-hydrogen) atoms. The quantitative estimate of drug-likeness (QED) is 0.119. The van der Waals surface area contributed by atoms with Crippen LogP contribution in [0.1, 0.15) is 55.2 Å². The third kappa shape index (κ3) is 7.60. The molecule has 0 bridgehead atoms. The molecule has 4 aliphatic rings. The van der Waals surface area contributed by atoms with Gasteiger partial charge in [0, 0.05) is 22.2 Å². The van der Waals surface area contributed by atoms with Crippen molar-refractivity contribution in [3.63, 3.8) is 0 Å². The van der Waals surface area contributed by atoms with Crippen molar-refractivity contribution in [1.29, 1.82) is 0 Å². The van der Waals surface area contributed by atoms with Gasteiger partial charge in [0.2, 0.25) is 0 Å². The van der Waals surface area contributed by atoms with Gasteiger partial charge in [-0.25, -0.2) is 9.98 Å². The Morgan fingerprint density at radius 1 is 0.485 bits per heavy atom. The van der Waals surface area contributed by atoms with Gasteiger partial charge in [-0.3, -0.25) is 18.9 Å². The van der Waals surface area contributed by atoms with E-state index in [9.17, 15) is 0 Å². The van der Waals surface area contributed by atoms with Gasteiger partial charge in [-0.1, -0.05) is 133 Å². The Labute approximate surface area is 420 Å². The molecule has 2 atom stereocenters. The zero-order valence-electron chi connectivity index (χ0n) is 36.7. The molecule has 4 aliphatic heterocycles. The summed E-state index contributed by atoms with van der Waals surface area (Å²) in [6, 6.07) is 54.8. The van der Waals surface area contributed by atoms with Gasteiger partial charge in [0.05, 0.1) is 35.4 Å². The maximum absolute atomic E-state index is 6.21. The van der Waals surface area contributed by atoms with Crippen LogP contribution in [0.5, 0.6) is 11.5 Å². The summed E-state index contributed by atoms with van der Waals surface area (Å²) in [5.74, 6) is 3.72. The van der Waals surface area contributed by atoms with Crippen LogP contribution in [0.15, 0.2) is 179 Å². The van der Waals surface area contributed by atoms with Gasteiger partial charge < -0.3 is 9.47 Å². The van der Waals surface area contributed by atoms with Crippen LogP contribution >= 0.6 is 70.6 Å². The number of ether oxygens (including phenoxy) is 2. The number of thioether (sulfide) groups is 2. The molecule has 8 nitrogen and oxygen atoms in total. The van der Waals surface area contributed by atoms with Crippen LogP contribution in [0, 0.1) is 7.91 Å². The van der Waals surface area contributed by atoms with E-state index in [-0.39, 0.29) is 12.1 Å². The predicted molar refractivity (Wildman–Crippen MR) is 290 cm³/mol. The Bertz CT molecular complexity index is 3230. The van der Waals surface area contributed by atoms with Crippen molar-refractivity contribution < 1.29 is 9.47 Å². The average Bonchev–Trinajstić information content (AvgIpc) is 4.18. The van der Waals surface area contributed by atoms with Crippen molar-refractivity contribution in [2.45, 2.75) is 24.9 Å². The highest BCUT2D eigenvalue weighted by atomic mass is 32.2. The molecule has 0 fully saturated rings. The van der Waals surface area contributed by atoms with E-state index < -0.39 is 0 Å². The fourth-order valence-electron chi connectivity index (χ4n) is 9.10. The first kappa shape index (κ1) is 43.0. The van der Waals surface area contributed by atoms with Crippen LogP contribution in [-0.4, -0.2) is 33.7 Å². The first-order valence-corrected chi connectivity index (χ1v) is 26.2. The number of nitrogens with zero attached hydrogens (tertiary/aromatic N) is 6. The number of methoxy groups -OCH3 is 2. The number of aryl methyl sites for hydroxylation is 2. The van der Waals surface area contributed by atoms with Crippen molar-refractivity contribution in [2.75, 3.05) is 24.0 Å². The van der Waals surface area contributed by atoms with E-state index in [0.717, 1.165) is 109 Å². The summed E-state index contributed by atoms with van der Waals surface area (Å²) < 4.78 is 17.0. The van der Waals surface area contributed by atoms with E-state index in [1.54, 1.807) is 60.4 Å². The predicted octanol–water partition coefficient (Wildman–Crippen LogP) is 14.7. The molecule has 0 spiro atoms. The molecule has 12 rings (SSSR count). The lowest BCUT2D eigenvalue weighted by Gasteiger charge is -2.31. The zero-order valence-corrected chi connectivity index (χ0v) is 41.6. The lowest BCUT2D eigenvalue weighted by molar-refractivity contribution is 0.414. The van der Waals surface area contributed by atoms with Crippen LogP contribution in [0.2, 0.25) is 0 Å². The molecular weight excluding hydrogens is 957 g/mol. The third-order valence-corrected chi connectivity index (χ3v) is 17.0. The summed E-state index contributed by atoms with van der Waals surface area (Å²) in [5, 5.41) is 6.27. The molecule has 0 N–H and O–H groups in total. The molecule has 6 aromatic carbocycles. The fourth-order valence-corrected chi connectivity index (χ4v) is 13.9. The van der Waals surface area contributed by atoms with Crippen molar-refractivity contribution >= 4 is 104 Å². The van der Waals surface area contributed by atoms with E-state index in [2.05, 4.69) is 163 Å². The monoisotopic (exact) mass is 996 g/mol. The second kappa shape index (κ2) is 18.0. The highest BCUT2D eigenvalue weighted by molar-refractivity contribution is 8.17. The molecule has 334 valence electrons. The minimum absolute atomic E-state index is 0.191. The summed E-state index contributed by atoms with van der Waals surface area (Å²) in [4.78, 5) is 17.5. The van der Waals surface area contributed by atoms with Gasteiger partial charge in [0.25, 0.3) is 0 Å². The zero-order chi connectivity index (χ0) is 45.9. The number of aliphatic imine (C=N–C) groups is 2. The molecule has 0 saturated heterocycles. The number of benzene rings is 6. The first-order valence-electron chi connectivity index (χ1n) is 22.0. The largest absolute Gasteiger partial charge is 0.497 e. The molecule has 0 saturated carbocycles. The van der Waals surface area contributed by atoms with E-state index in [1.807, 2.05) is 24.3 Å². The van der Waals surface area contributed by atoms with Crippen LogP contribution < -0.4 is 19.3 Å². The lowest BCUT2D eigenvalue weighted by atomic mass is 10.0. The maximum atomic E-state index is 6.21. The number of aromatic nitrogens is 2. The highest BCUT2D eigenvalue weighted by Gasteiger charge is 2.40. The van der Waals surface area contributed by atoms with Crippen LogP contribution in [0.25, 0.3) is 22.8 Å². The number of thiazole rings is 2. The van der Waals surface area contributed by atoms with Gasteiger partial charge in [-0.15, -0.1) is 22.7 Å². The third-order valence-electron chi connectivity index (χ3n) is 12.5. The molecule has 0 aliphatic carbocycles. The van der Waals surface area contributed by atoms with E-state index in [4.69, 9.17) is 43.9 Å². The SMILES string of the molecule is COc1ccc(C2N=C3SC=C(c4ccccc4)N3c3c2sc(=S)n3-c2ccc(CCc3ccc(-n4c5c(sc4=S)C(c4ccc(OC)cc4)N=C4SC=C(c6ccccc6)N45)cc3)cc2)cc1. The topological polar surface area (TPSA) is 59.5 Å². The Balaban J connectivity index is 0.827. The van der Waals surface area contributed by atoms with Crippen molar-refractivity contribution in [3.05, 3.63) is 220 Å². The molecule has 2 aromatic heterocycles. The van der Waals surface area contributed by atoms with Crippen LogP contribution in [0.4, 0.5) is 11.6 Å². The van der Waals surface area contributed by atoms with Gasteiger partial charge in [-0.2, -0.15) is 0 Å². The first-order chi connectivity index (χ1) is 33.4. The number of amidine groups is 2. The molecule has 0 amide bonds. The Morgan fingerprint density at radius 3 is 1.24 bits per heavy atom. The van der Waals surface area contributed by atoms with Crippen molar-refractivity contribution in [1.82, 2.24) is 9.13 Å². The van der Waals surface area contributed by atoms with Crippen LogP contribution in [-0.2, 0) is 12.8 Å². The highest BCUT2D eigenvalue weighted by Crippen LogP contribution is 2.52. The molecule has 6 heterocycles. The summed E-state index contributed by atoms with van der Waals surface area (Å²) in [5.41, 5.74) is 11.2. The number of fused-ring (bicyclic) bond motifs is 6. The number of hydrogen-bond acceptors (Lipinski definition) is 12. The summed E-state index contributed by atoms with van der Waals surface area (Å²) in [6.45, 7) is 0. The summed E-state index contributed by atoms with van der Waals surface area (Å²) in [7, 11) is 3.38. The minimum atomic E-state index is -0.191. The molecule has 14 heteroatoms.